The number of rotatable bonds is 6. The molecular weight excluding hydrogens is 470 g/mol. The van der Waals surface area contributed by atoms with Gasteiger partial charge < -0.3 is 20.4 Å². The van der Waals surface area contributed by atoms with E-state index in [4.69, 9.17) is 10.5 Å². The highest BCUT2D eigenvalue weighted by atomic mass is 16.5. The third kappa shape index (κ3) is 4.29. The molecule has 186 valence electrons. The summed E-state index contributed by atoms with van der Waals surface area (Å²) in [5.74, 6) is -0.812. The van der Waals surface area contributed by atoms with Crippen LogP contribution in [0.5, 0.6) is 0 Å². The maximum atomic E-state index is 13.5. The van der Waals surface area contributed by atoms with E-state index in [1.807, 2.05) is 36.4 Å². The second-order valence-corrected chi connectivity index (χ2v) is 8.41. The SMILES string of the molecule is C=C/C(OC)=c1/c(C(=O)C(=O)N2CCc3c(cccc3-c3ccccn3)C2)c[nH]/c1=C(/N)n1cncn1. The molecule has 5 rings (SSSR count). The van der Waals surface area contributed by atoms with Gasteiger partial charge in [0, 0.05) is 31.0 Å². The molecule has 4 aromatic rings. The lowest BCUT2D eigenvalue weighted by Crippen LogP contribution is -2.43. The van der Waals surface area contributed by atoms with Crippen LogP contribution in [-0.2, 0) is 22.5 Å². The third-order valence-electron chi connectivity index (χ3n) is 6.39. The van der Waals surface area contributed by atoms with Gasteiger partial charge in [-0.2, -0.15) is 5.10 Å². The molecule has 0 saturated carbocycles. The van der Waals surface area contributed by atoms with Gasteiger partial charge in [-0.25, -0.2) is 9.67 Å². The summed E-state index contributed by atoms with van der Waals surface area (Å²) in [7, 11) is 1.45. The van der Waals surface area contributed by atoms with E-state index >= 15 is 0 Å². The molecule has 0 unspecified atom stereocenters. The fraction of sp³-hybridized carbons (Fsp3) is 0.148. The van der Waals surface area contributed by atoms with Crippen molar-refractivity contribution in [1.82, 2.24) is 29.6 Å². The molecular formula is C27H25N7O3. The van der Waals surface area contributed by atoms with Gasteiger partial charge in [-0.15, -0.1) is 0 Å². The molecule has 0 fully saturated rings. The highest BCUT2D eigenvalue weighted by molar-refractivity contribution is 6.42. The number of amides is 1. The quantitative estimate of drug-likeness (QED) is 0.301. The first-order valence-corrected chi connectivity index (χ1v) is 11.6. The van der Waals surface area contributed by atoms with E-state index in [0.29, 0.717) is 35.8 Å². The first-order chi connectivity index (χ1) is 18.0. The van der Waals surface area contributed by atoms with Crippen LogP contribution in [0.1, 0.15) is 21.5 Å². The number of carbonyl (C=O) groups excluding carboxylic acids is 2. The summed E-state index contributed by atoms with van der Waals surface area (Å²) in [5.41, 5.74) is 10.5. The number of fused-ring (bicyclic) bond motifs is 1. The molecule has 10 heteroatoms. The Morgan fingerprint density at radius 1 is 1.22 bits per heavy atom. The van der Waals surface area contributed by atoms with Gasteiger partial charge in [0.25, 0.3) is 11.7 Å². The molecule has 10 nitrogen and oxygen atoms in total. The van der Waals surface area contributed by atoms with Gasteiger partial charge in [-0.3, -0.25) is 14.6 Å². The minimum absolute atomic E-state index is 0.132. The van der Waals surface area contributed by atoms with Crippen molar-refractivity contribution in [2.45, 2.75) is 13.0 Å². The lowest BCUT2D eigenvalue weighted by Gasteiger charge is -2.29. The van der Waals surface area contributed by atoms with Crippen LogP contribution in [0.15, 0.2) is 74.1 Å². The molecule has 1 aliphatic heterocycles. The standard InChI is InChI=1S/C27H25N7O3/c1-3-22(37-2)23-20(13-31-24(23)26(28)34-16-29-15-32-34)25(35)27(36)33-12-10-18-17(14-33)7-6-8-19(18)21-9-4-5-11-30-21/h3-9,11,13,15-16,31H,1,10,12,14,28H2,2H3/b23-22+,26-24-. The Morgan fingerprint density at radius 3 is 2.78 bits per heavy atom. The number of H-pyrrole nitrogens is 1. The Hall–Kier alpha value is -4.99. The average molecular weight is 496 g/mol. The van der Waals surface area contributed by atoms with Gasteiger partial charge in [0.2, 0.25) is 0 Å². The Labute approximate surface area is 212 Å². The number of Topliss-reactive ketones (excluding diaryl/α,β-unsaturated/α-hetero) is 1. The van der Waals surface area contributed by atoms with Crippen molar-refractivity contribution in [3.63, 3.8) is 0 Å². The minimum atomic E-state index is -0.676. The maximum absolute atomic E-state index is 13.5. The number of nitrogens with two attached hydrogens (primary N) is 1. The lowest BCUT2D eigenvalue weighted by molar-refractivity contribution is -0.127. The Bertz CT molecular complexity index is 1610. The number of carbonyl (C=O) groups is 2. The van der Waals surface area contributed by atoms with Gasteiger partial charge >= 0.3 is 0 Å². The van der Waals surface area contributed by atoms with E-state index in [-0.39, 0.29) is 11.4 Å². The second-order valence-electron chi connectivity index (χ2n) is 8.41. The van der Waals surface area contributed by atoms with E-state index in [0.717, 1.165) is 22.4 Å². The number of pyridine rings is 1. The highest BCUT2D eigenvalue weighted by Gasteiger charge is 2.29. The average Bonchev–Trinajstić information content (AvgIpc) is 3.64. The molecule has 3 aromatic heterocycles. The summed E-state index contributed by atoms with van der Waals surface area (Å²) in [6, 6.07) is 11.7. The summed E-state index contributed by atoms with van der Waals surface area (Å²) < 4.78 is 6.80. The smallest absolute Gasteiger partial charge is 0.295 e. The Kier molecular flexibility index (Phi) is 6.38. The monoisotopic (exact) mass is 495 g/mol. The first-order valence-electron chi connectivity index (χ1n) is 11.6. The lowest BCUT2D eigenvalue weighted by atomic mass is 9.92. The minimum Gasteiger partial charge on any atom is -0.496 e. The van der Waals surface area contributed by atoms with Crippen LogP contribution in [-0.4, -0.2) is 55.0 Å². The van der Waals surface area contributed by atoms with E-state index in [9.17, 15) is 9.59 Å². The van der Waals surface area contributed by atoms with Crippen molar-refractivity contribution in [3.8, 4) is 11.3 Å². The highest BCUT2D eigenvalue weighted by Crippen LogP contribution is 2.29. The van der Waals surface area contributed by atoms with Crippen LogP contribution in [0.4, 0.5) is 0 Å². The third-order valence-corrected chi connectivity index (χ3v) is 6.39. The van der Waals surface area contributed by atoms with Crippen LogP contribution in [0, 0.1) is 0 Å². The number of hydrogen-bond donors (Lipinski definition) is 2. The normalized spacial score (nSPS) is 14.5. The van der Waals surface area contributed by atoms with Crippen LogP contribution < -0.4 is 16.3 Å². The van der Waals surface area contributed by atoms with E-state index in [1.54, 1.807) is 11.1 Å². The molecule has 0 atom stereocenters. The predicted molar refractivity (Wildman–Crippen MR) is 137 cm³/mol. The van der Waals surface area contributed by atoms with Crippen molar-refractivity contribution in [1.29, 1.82) is 0 Å². The number of hydrogen-bond acceptors (Lipinski definition) is 7. The van der Waals surface area contributed by atoms with Gasteiger partial charge in [-0.05, 0) is 35.8 Å². The summed E-state index contributed by atoms with van der Waals surface area (Å²) in [6.07, 6.45) is 8.05. The number of nitrogens with zero attached hydrogens (tertiary/aromatic N) is 5. The molecule has 4 heterocycles. The molecule has 0 radical (unpaired) electrons. The molecule has 37 heavy (non-hydrogen) atoms. The maximum Gasteiger partial charge on any atom is 0.295 e. The number of methoxy groups -OCH3 is 1. The second kappa shape index (κ2) is 9.94. The van der Waals surface area contributed by atoms with Crippen LogP contribution in [0.25, 0.3) is 22.8 Å². The molecule has 1 aromatic carbocycles. The molecule has 0 bridgehead atoms. The molecule has 0 aliphatic carbocycles. The van der Waals surface area contributed by atoms with Crippen molar-refractivity contribution >= 4 is 23.3 Å². The number of aromatic nitrogens is 5. The van der Waals surface area contributed by atoms with Crippen molar-refractivity contribution in [3.05, 3.63) is 101 Å². The van der Waals surface area contributed by atoms with Crippen LogP contribution in [0.2, 0.25) is 0 Å². The van der Waals surface area contributed by atoms with Crippen molar-refractivity contribution in [2.24, 2.45) is 5.73 Å². The number of aromatic amines is 1. The van der Waals surface area contributed by atoms with Crippen LogP contribution >= 0.6 is 0 Å². The van der Waals surface area contributed by atoms with Gasteiger partial charge in [0.15, 0.2) is 5.82 Å². The number of ether oxygens (including phenoxy) is 1. The molecule has 0 saturated heterocycles. The molecule has 0 spiro atoms. The number of nitrogens with one attached hydrogen (secondary N) is 1. The zero-order valence-corrected chi connectivity index (χ0v) is 20.2. The zero-order valence-electron chi connectivity index (χ0n) is 20.2. The van der Waals surface area contributed by atoms with E-state index in [1.165, 1.54) is 36.7 Å². The molecule has 3 N–H and O–H groups in total. The van der Waals surface area contributed by atoms with Gasteiger partial charge in [-0.1, -0.05) is 30.8 Å². The fourth-order valence-corrected chi connectivity index (χ4v) is 4.60. The summed E-state index contributed by atoms with van der Waals surface area (Å²) in [4.78, 5) is 39.9. The summed E-state index contributed by atoms with van der Waals surface area (Å²) in [6.45, 7) is 4.50. The Morgan fingerprint density at radius 2 is 2.08 bits per heavy atom. The molecule has 1 aliphatic rings. The van der Waals surface area contributed by atoms with Crippen LogP contribution in [0.3, 0.4) is 0 Å². The summed E-state index contributed by atoms with van der Waals surface area (Å²) in [5, 5.41) is 4.74. The first kappa shape index (κ1) is 23.7. The number of ketones is 1. The van der Waals surface area contributed by atoms with E-state index < -0.39 is 11.7 Å². The topological polar surface area (TPSA) is 132 Å². The largest absolute Gasteiger partial charge is 0.496 e. The summed E-state index contributed by atoms with van der Waals surface area (Å²) >= 11 is 0. The van der Waals surface area contributed by atoms with Crippen molar-refractivity contribution in [2.75, 3.05) is 13.7 Å². The predicted octanol–water partition coefficient (Wildman–Crippen LogP) is 0.949. The Balaban J connectivity index is 1.51. The van der Waals surface area contributed by atoms with E-state index in [2.05, 4.69) is 26.6 Å². The van der Waals surface area contributed by atoms with Crippen molar-refractivity contribution < 1.29 is 14.3 Å². The van der Waals surface area contributed by atoms with Gasteiger partial charge in [0.1, 0.15) is 18.4 Å². The van der Waals surface area contributed by atoms with Gasteiger partial charge in [0.05, 0.1) is 28.9 Å². The fourth-order valence-electron chi connectivity index (χ4n) is 4.60. The molecule has 1 amide bonds. The number of benzene rings is 1. The zero-order chi connectivity index (χ0) is 25.9.